The van der Waals surface area contributed by atoms with Crippen molar-refractivity contribution in [2.45, 2.75) is 12.6 Å². The number of para-hydroxylation sites is 1. The van der Waals surface area contributed by atoms with Crippen LogP contribution in [0.1, 0.15) is 12.5 Å². The molecule has 0 radical (unpaired) electrons. The van der Waals surface area contributed by atoms with Gasteiger partial charge in [0, 0.05) is 18.3 Å². The highest BCUT2D eigenvalue weighted by Crippen LogP contribution is 2.27. The van der Waals surface area contributed by atoms with Crippen molar-refractivity contribution in [3.63, 3.8) is 0 Å². The van der Waals surface area contributed by atoms with Gasteiger partial charge in [-0.3, -0.25) is 4.99 Å². The van der Waals surface area contributed by atoms with Gasteiger partial charge in [0.05, 0.1) is 0 Å². The van der Waals surface area contributed by atoms with E-state index in [0.29, 0.717) is 5.96 Å². The Kier molecular flexibility index (Phi) is 1.93. The van der Waals surface area contributed by atoms with E-state index in [9.17, 15) is 0 Å². The van der Waals surface area contributed by atoms with Gasteiger partial charge in [-0.25, -0.2) is 0 Å². The zero-order valence-corrected chi connectivity index (χ0v) is 8.33. The summed E-state index contributed by atoms with van der Waals surface area (Å²) in [4.78, 5) is 4.06. The Hall–Kier alpha value is -1.55. The monoisotopic (exact) mass is 190 g/mol. The summed E-state index contributed by atoms with van der Waals surface area (Å²) in [5.41, 5.74) is 7.62. The van der Waals surface area contributed by atoms with Gasteiger partial charge in [0.1, 0.15) is 5.66 Å². The standard InChI is InChI=1S/C10H14N4/c1-10(11)7-5-3-4-6-8(7)13-9(12-2)14-10/h3-6H,11H2,1-2H3,(H2,12,13,14). The normalized spacial score (nSPS) is 27.8. The Morgan fingerprint density at radius 3 is 2.79 bits per heavy atom. The fourth-order valence-electron chi connectivity index (χ4n) is 1.63. The number of hydrogen-bond donors (Lipinski definition) is 3. The summed E-state index contributed by atoms with van der Waals surface area (Å²) in [6, 6.07) is 7.94. The molecule has 14 heavy (non-hydrogen) atoms. The largest absolute Gasteiger partial charge is 0.334 e. The molecule has 1 aromatic rings. The maximum absolute atomic E-state index is 6.12. The first-order valence-corrected chi connectivity index (χ1v) is 4.54. The molecule has 0 spiro atoms. The zero-order chi connectivity index (χ0) is 10.2. The van der Waals surface area contributed by atoms with Crippen molar-refractivity contribution < 1.29 is 0 Å². The van der Waals surface area contributed by atoms with Gasteiger partial charge in [0.25, 0.3) is 0 Å². The molecule has 0 fully saturated rings. The van der Waals surface area contributed by atoms with Gasteiger partial charge in [-0.1, -0.05) is 18.2 Å². The minimum absolute atomic E-state index is 0.559. The number of anilines is 1. The molecule has 0 saturated heterocycles. The molecule has 1 aliphatic rings. The lowest BCUT2D eigenvalue weighted by atomic mass is 9.98. The Morgan fingerprint density at radius 2 is 2.07 bits per heavy atom. The van der Waals surface area contributed by atoms with Crippen LogP contribution in [0.2, 0.25) is 0 Å². The van der Waals surface area contributed by atoms with E-state index in [4.69, 9.17) is 5.73 Å². The van der Waals surface area contributed by atoms with Gasteiger partial charge in [-0.15, -0.1) is 0 Å². The van der Waals surface area contributed by atoms with Gasteiger partial charge in [-0.2, -0.15) is 0 Å². The first kappa shape index (κ1) is 9.02. The molecule has 0 saturated carbocycles. The van der Waals surface area contributed by atoms with Gasteiger partial charge in [0.2, 0.25) is 0 Å². The summed E-state index contributed by atoms with van der Waals surface area (Å²) >= 11 is 0. The number of fused-ring (bicyclic) bond motifs is 1. The number of hydrogen-bond acceptors (Lipinski definition) is 2. The van der Waals surface area contributed by atoms with Crippen molar-refractivity contribution in [2.75, 3.05) is 12.4 Å². The fraction of sp³-hybridized carbons (Fsp3) is 0.300. The van der Waals surface area contributed by atoms with Crippen LogP contribution < -0.4 is 16.4 Å². The third-order valence-corrected chi connectivity index (χ3v) is 2.34. The van der Waals surface area contributed by atoms with Crippen molar-refractivity contribution in [1.29, 1.82) is 0 Å². The average molecular weight is 190 g/mol. The van der Waals surface area contributed by atoms with E-state index in [2.05, 4.69) is 15.6 Å². The second-order valence-corrected chi connectivity index (χ2v) is 3.57. The van der Waals surface area contributed by atoms with Crippen LogP contribution >= 0.6 is 0 Å². The van der Waals surface area contributed by atoms with E-state index < -0.39 is 5.66 Å². The molecule has 1 unspecified atom stereocenters. The Morgan fingerprint density at radius 1 is 1.36 bits per heavy atom. The van der Waals surface area contributed by atoms with E-state index in [1.54, 1.807) is 7.05 Å². The van der Waals surface area contributed by atoms with Crippen LogP contribution in [0.5, 0.6) is 0 Å². The van der Waals surface area contributed by atoms with E-state index in [-0.39, 0.29) is 0 Å². The smallest absolute Gasteiger partial charge is 0.197 e. The van der Waals surface area contributed by atoms with Crippen molar-refractivity contribution in [3.8, 4) is 0 Å². The highest BCUT2D eigenvalue weighted by molar-refractivity contribution is 5.97. The van der Waals surface area contributed by atoms with Crippen LogP contribution in [0.25, 0.3) is 0 Å². The summed E-state index contributed by atoms with van der Waals surface area (Å²) in [7, 11) is 1.72. The molecular weight excluding hydrogens is 176 g/mol. The summed E-state index contributed by atoms with van der Waals surface area (Å²) in [6.07, 6.45) is 0. The highest BCUT2D eigenvalue weighted by Gasteiger charge is 2.29. The molecule has 1 aliphatic heterocycles. The van der Waals surface area contributed by atoms with Gasteiger partial charge < -0.3 is 16.4 Å². The van der Waals surface area contributed by atoms with Crippen LogP contribution in [0.15, 0.2) is 29.3 Å². The number of guanidine groups is 1. The molecule has 1 aromatic carbocycles. The molecule has 2 rings (SSSR count). The quantitative estimate of drug-likeness (QED) is 0.567. The first-order valence-electron chi connectivity index (χ1n) is 4.54. The van der Waals surface area contributed by atoms with E-state index in [0.717, 1.165) is 11.3 Å². The van der Waals surface area contributed by atoms with Crippen LogP contribution in [0, 0.1) is 0 Å². The van der Waals surface area contributed by atoms with Crippen molar-refractivity contribution in [3.05, 3.63) is 29.8 Å². The van der Waals surface area contributed by atoms with Crippen LogP contribution in [0.4, 0.5) is 5.69 Å². The molecule has 4 N–H and O–H groups in total. The second-order valence-electron chi connectivity index (χ2n) is 3.57. The SMILES string of the molecule is CN=C1Nc2ccccc2C(C)(N)N1. The number of nitrogens with one attached hydrogen (secondary N) is 2. The lowest BCUT2D eigenvalue weighted by Gasteiger charge is -2.35. The number of nitrogens with zero attached hydrogens (tertiary/aromatic N) is 1. The zero-order valence-electron chi connectivity index (χ0n) is 8.33. The number of nitrogens with two attached hydrogens (primary N) is 1. The second kappa shape index (κ2) is 2.99. The van der Waals surface area contributed by atoms with Crippen molar-refractivity contribution in [1.82, 2.24) is 5.32 Å². The lowest BCUT2D eigenvalue weighted by molar-refractivity contribution is 0.451. The maximum Gasteiger partial charge on any atom is 0.197 e. The molecule has 0 bridgehead atoms. The van der Waals surface area contributed by atoms with Crippen molar-refractivity contribution >= 4 is 11.6 Å². The molecule has 0 amide bonds. The van der Waals surface area contributed by atoms with Crippen LogP contribution in [-0.4, -0.2) is 13.0 Å². The molecule has 1 atom stereocenters. The highest BCUT2D eigenvalue weighted by atomic mass is 15.3. The summed E-state index contributed by atoms with van der Waals surface area (Å²) in [5.74, 6) is 0.703. The van der Waals surface area contributed by atoms with Gasteiger partial charge in [-0.05, 0) is 13.0 Å². The molecule has 74 valence electrons. The average Bonchev–Trinajstić information content (AvgIpc) is 2.17. The summed E-state index contributed by atoms with van der Waals surface area (Å²) < 4.78 is 0. The molecule has 0 aromatic heterocycles. The third kappa shape index (κ3) is 1.33. The topological polar surface area (TPSA) is 62.4 Å². The van der Waals surface area contributed by atoms with Gasteiger partial charge in [0.15, 0.2) is 5.96 Å². The minimum Gasteiger partial charge on any atom is -0.334 e. The predicted octanol–water partition coefficient (Wildman–Crippen LogP) is 0.819. The summed E-state index contributed by atoms with van der Waals surface area (Å²) in [5, 5.41) is 6.28. The maximum atomic E-state index is 6.12. The molecular formula is C10H14N4. The Balaban J connectivity index is 2.52. The fourth-order valence-corrected chi connectivity index (χ4v) is 1.63. The third-order valence-electron chi connectivity index (χ3n) is 2.34. The molecule has 0 aliphatic carbocycles. The van der Waals surface area contributed by atoms with Crippen LogP contribution in [0.3, 0.4) is 0 Å². The van der Waals surface area contributed by atoms with E-state index >= 15 is 0 Å². The van der Waals surface area contributed by atoms with E-state index in [1.807, 2.05) is 31.2 Å². The first-order chi connectivity index (χ1) is 6.63. The predicted molar refractivity (Wildman–Crippen MR) is 58.1 cm³/mol. The molecule has 4 heteroatoms. The number of benzene rings is 1. The number of rotatable bonds is 0. The molecule has 4 nitrogen and oxygen atoms in total. The minimum atomic E-state index is -0.559. The number of aliphatic imine (C=N–C) groups is 1. The van der Waals surface area contributed by atoms with E-state index in [1.165, 1.54) is 0 Å². The van der Waals surface area contributed by atoms with Crippen molar-refractivity contribution in [2.24, 2.45) is 10.7 Å². The summed E-state index contributed by atoms with van der Waals surface area (Å²) in [6.45, 7) is 1.93. The Labute approximate surface area is 83.2 Å². The van der Waals surface area contributed by atoms with Crippen LogP contribution in [-0.2, 0) is 5.66 Å². The Bertz CT molecular complexity index is 381. The lowest BCUT2D eigenvalue weighted by Crippen LogP contribution is -2.56. The van der Waals surface area contributed by atoms with Gasteiger partial charge >= 0.3 is 0 Å². The molecule has 1 heterocycles.